The van der Waals surface area contributed by atoms with Crippen LogP contribution in [0.5, 0.6) is 0 Å². The van der Waals surface area contributed by atoms with Crippen molar-refractivity contribution in [1.29, 1.82) is 0 Å². The molecule has 7 heteroatoms. The quantitative estimate of drug-likeness (QED) is 0.758. The maximum atomic E-state index is 11.5. The van der Waals surface area contributed by atoms with Crippen molar-refractivity contribution in [2.45, 2.75) is 13.0 Å². The molecule has 0 aliphatic carbocycles. The average Bonchev–Trinajstić information content (AvgIpc) is 2.34. The molecule has 0 saturated heterocycles. The van der Waals surface area contributed by atoms with Gasteiger partial charge in [-0.05, 0) is 6.07 Å². The number of aromatic nitrogens is 2. The summed E-state index contributed by atoms with van der Waals surface area (Å²) in [6, 6.07) is 1.36. The van der Waals surface area contributed by atoms with Gasteiger partial charge in [0.2, 0.25) is 0 Å². The summed E-state index contributed by atoms with van der Waals surface area (Å²) < 4.78 is 0. The zero-order valence-corrected chi connectivity index (χ0v) is 9.46. The fraction of sp³-hybridized carbons (Fsp3) is 0.400. The van der Waals surface area contributed by atoms with E-state index < -0.39 is 5.97 Å². The second kappa shape index (κ2) is 6.41. The van der Waals surface area contributed by atoms with Crippen LogP contribution in [0.3, 0.4) is 0 Å². The van der Waals surface area contributed by atoms with Crippen LogP contribution in [-0.2, 0) is 11.3 Å². The highest BCUT2D eigenvalue weighted by Gasteiger charge is 2.09. The van der Waals surface area contributed by atoms with Crippen LogP contribution in [-0.4, -0.2) is 45.6 Å². The molecule has 0 aliphatic heterocycles. The van der Waals surface area contributed by atoms with Crippen molar-refractivity contribution in [3.63, 3.8) is 0 Å². The normalized spacial score (nSPS) is 9.71. The van der Waals surface area contributed by atoms with Crippen LogP contribution in [0.4, 0.5) is 4.79 Å². The molecule has 1 heterocycles. The lowest BCUT2D eigenvalue weighted by Gasteiger charge is -2.16. The van der Waals surface area contributed by atoms with Gasteiger partial charge in [0.15, 0.2) is 0 Å². The van der Waals surface area contributed by atoms with E-state index in [1.807, 2.05) is 0 Å². The van der Waals surface area contributed by atoms with E-state index in [-0.39, 0.29) is 19.0 Å². The van der Waals surface area contributed by atoms with E-state index in [1.165, 1.54) is 18.3 Å². The molecular formula is C10H14N4O3. The van der Waals surface area contributed by atoms with Crippen molar-refractivity contribution in [2.24, 2.45) is 0 Å². The maximum absolute atomic E-state index is 11.5. The molecule has 92 valence electrons. The number of rotatable bonds is 5. The number of nitrogens with one attached hydrogen (secondary N) is 1. The summed E-state index contributed by atoms with van der Waals surface area (Å²) in [5, 5.41) is 11.1. The van der Waals surface area contributed by atoms with Gasteiger partial charge in [-0.15, -0.1) is 0 Å². The van der Waals surface area contributed by atoms with Crippen molar-refractivity contribution in [3.05, 3.63) is 24.3 Å². The summed E-state index contributed by atoms with van der Waals surface area (Å²) in [5.41, 5.74) is 0.694. The maximum Gasteiger partial charge on any atom is 0.317 e. The molecular weight excluding hydrogens is 224 g/mol. The van der Waals surface area contributed by atoms with Crippen molar-refractivity contribution in [2.75, 3.05) is 13.6 Å². The SMILES string of the molecule is CN(CCC(=O)O)C(=O)NCc1ccncn1. The lowest BCUT2D eigenvalue weighted by atomic mass is 10.4. The standard InChI is InChI=1S/C10H14N4O3/c1-14(5-3-9(15)16)10(17)12-6-8-2-4-11-7-13-8/h2,4,7H,3,5-6H2,1H3,(H,12,17)(H,15,16). The highest BCUT2D eigenvalue weighted by molar-refractivity contribution is 5.74. The molecule has 0 fully saturated rings. The first-order valence-electron chi connectivity index (χ1n) is 5.05. The van der Waals surface area contributed by atoms with Gasteiger partial charge in [0, 0.05) is 19.8 Å². The molecule has 0 saturated carbocycles. The van der Waals surface area contributed by atoms with Crippen LogP contribution >= 0.6 is 0 Å². The monoisotopic (exact) mass is 238 g/mol. The van der Waals surface area contributed by atoms with Gasteiger partial charge >= 0.3 is 12.0 Å². The zero-order chi connectivity index (χ0) is 12.7. The van der Waals surface area contributed by atoms with E-state index in [4.69, 9.17) is 5.11 Å². The summed E-state index contributed by atoms with van der Waals surface area (Å²) in [6.07, 6.45) is 2.91. The number of carboxylic acids is 1. The zero-order valence-electron chi connectivity index (χ0n) is 9.46. The van der Waals surface area contributed by atoms with E-state index in [1.54, 1.807) is 12.3 Å². The van der Waals surface area contributed by atoms with Crippen LogP contribution in [0.2, 0.25) is 0 Å². The Morgan fingerprint density at radius 3 is 2.88 bits per heavy atom. The Labute approximate surface area is 98.5 Å². The van der Waals surface area contributed by atoms with E-state index in [2.05, 4.69) is 15.3 Å². The van der Waals surface area contributed by atoms with Gasteiger partial charge in [0.05, 0.1) is 18.7 Å². The van der Waals surface area contributed by atoms with Crippen LogP contribution in [0.1, 0.15) is 12.1 Å². The smallest absolute Gasteiger partial charge is 0.317 e. The van der Waals surface area contributed by atoms with Gasteiger partial charge in [0.1, 0.15) is 6.33 Å². The molecule has 7 nitrogen and oxygen atoms in total. The molecule has 0 unspecified atom stereocenters. The minimum atomic E-state index is -0.930. The van der Waals surface area contributed by atoms with Gasteiger partial charge in [-0.1, -0.05) is 0 Å². The van der Waals surface area contributed by atoms with Crippen LogP contribution in [0, 0.1) is 0 Å². The van der Waals surface area contributed by atoms with E-state index in [9.17, 15) is 9.59 Å². The summed E-state index contributed by atoms with van der Waals surface area (Å²) in [6.45, 7) is 0.462. The molecule has 0 bridgehead atoms. The number of aliphatic carboxylic acids is 1. The van der Waals surface area contributed by atoms with Gasteiger partial charge < -0.3 is 15.3 Å². The Morgan fingerprint density at radius 2 is 2.29 bits per heavy atom. The first-order chi connectivity index (χ1) is 8.09. The number of urea groups is 1. The highest BCUT2D eigenvalue weighted by Crippen LogP contribution is 1.93. The summed E-state index contributed by atoms with van der Waals surface area (Å²) in [7, 11) is 1.54. The molecule has 1 aromatic heterocycles. The summed E-state index contributed by atoms with van der Waals surface area (Å²) in [4.78, 5) is 30.9. The number of carboxylic acid groups (broad SMARTS) is 1. The Balaban J connectivity index is 2.32. The number of carbonyl (C=O) groups is 2. The van der Waals surface area contributed by atoms with Crippen LogP contribution < -0.4 is 5.32 Å². The number of carbonyl (C=O) groups excluding carboxylic acids is 1. The lowest BCUT2D eigenvalue weighted by molar-refractivity contribution is -0.137. The summed E-state index contributed by atoms with van der Waals surface area (Å²) in [5.74, 6) is -0.930. The number of amides is 2. The van der Waals surface area contributed by atoms with Crippen LogP contribution in [0.25, 0.3) is 0 Å². The molecule has 0 aromatic carbocycles. The van der Waals surface area contributed by atoms with Crippen molar-refractivity contribution in [1.82, 2.24) is 20.2 Å². The Morgan fingerprint density at radius 1 is 1.53 bits per heavy atom. The molecule has 2 amide bonds. The first-order valence-corrected chi connectivity index (χ1v) is 5.05. The van der Waals surface area contributed by atoms with E-state index >= 15 is 0 Å². The molecule has 17 heavy (non-hydrogen) atoms. The Kier molecular flexibility index (Phi) is 4.86. The second-order valence-corrected chi connectivity index (χ2v) is 3.42. The van der Waals surface area contributed by atoms with E-state index in [0.717, 1.165) is 0 Å². The molecule has 0 aliphatic rings. The van der Waals surface area contributed by atoms with Gasteiger partial charge in [-0.25, -0.2) is 14.8 Å². The fourth-order valence-electron chi connectivity index (χ4n) is 1.09. The average molecular weight is 238 g/mol. The third kappa shape index (κ3) is 4.92. The predicted octanol–water partition coefficient (Wildman–Crippen LogP) is 0.0927. The Hall–Kier alpha value is -2.18. The predicted molar refractivity (Wildman–Crippen MR) is 59.2 cm³/mol. The van der Waals surface area contributed by atoms with E-state index in [0.29, 0.717) is 12.2 Å². The van der Waals surface area contributed by atoms with Gasteiger partial charge in [0.25, 0.3) is 0 Å². The van der Waals surface area contributed by atoms with Crippen molar-refractivity contribution < 1.29 is 14.7 Å². The molecule has 0 radical (unpaired) electrons. The molecule has 1 rings (SSSR count). The Bertz CT molecular complexity index is 382. The number of hydrogen-bond acceptors (Lipinski definition) is 4. The molecule has 0 atom stereocenters. The largest absolute Gasteiger partial charge is 0.481 e. The minimum Gasteiger partial charge on any atom is -0.481 e. The number of hydrogen-bond donors (Lipinski definition) is 2. The van der Waals surface area contributed by atoms with Gasteiger partial charge in [-0.3, -0.25) is 4.79 Å². The third-order valence-electron chi connectivity index (χ3n) is 2.07. The summed E-state index contributed by atoms with van der Waals surface area (Å²) >= 11 is 0. The molecule has 0 spiro atoms. The van der Waals surface area contributed by atoms with Crippen molar-refractivity contribution >= 4 is 12.0 Å². The molecule has 2 N–H and O–H groups in total. The first kappa shape index (κ1) is 12.9. The second-order valence-electron chi connectivity index (χ2n) is 3.42. The fourth-order valence-corrected chi connectivity index (χ4v) is 1.09. The minimum absolute atomic E-state index is 0.0720. The lowest BCUT2D eigenvalue weighted by Crippen LogP contribution is -2.38. The number of nitrogens with zero attached hydrogens (tertiary/aromatic N) is 3. The van der Waals surface area contributed by atoms with Crippen LogP contribution in [0.15, 0.2) is 18.6 Å². The van der Waals surface area contributed by atoms with Crippen molar-refractivity contribution in [3.8, 4) is 0 Å². The highest BCUT2D eigenvalue weighted by atomic mass is 16.4. The topological polar surface area (TPSA) is 95.4 Å². The van der Waals surface area contributed by atoms with Gasteiger partial charge in [-0.2, -0.15) is 0 Å². The molecule has 1 aromatic rings. The third-order valence-corrected chi connectivity index (χ3v) is 2.07.